The fourth-order valence-corrected chi connectivity index (χ4v) is 3.04. The molecule has 0 atom stereocenters. The summed E-state index contributed by atoms with van der Waals surface area (Å²) in [6.07, 6.45) is 6.65. The molecule has 0 aromatic heterocycles. The van der Waals surface area contributed by atoms with E-state index in [0.717, 1.165) is 23.4 Å². The molecule has 1 N–H and O–H groups in total. The zero-order chi connectivity index (χ0) is 15.1. The molecule has 1 fully saturated rings. The lowest BCUT2D eigenvalue weighted by atomic mass is 9.94. The monoisotopic (exact) mass is 287 g/mol. The number of benzene rings is 1. The van der Waals surface area contributed by atoms with Crippen LogP contribution >= 0.6 is 0 Å². The van der Waals surface area contributed by atoms with Gasteiger partial charge in [-0.3, -0.25) is 4.90 Å². The number of hydrogen-bond acceptors (Lipinski definition) is 3. The molecule has 0 heterocycles. The quantitative estimate of drug-likeness (QED) is 0.864. The lowest BCUT2D eigenvalue weighted by Gasteiger charge is -2.31. The third kappa shape index (κ3) is 4.49. The van der Waals surface area contributed by atoms with E-state index < -0.39 is 0 Å². The molecule has 0 bridgehead atoms. The van der Waals surface area contributed by atoms with E-state index in [1.165, 1.54) is 32.1 Å². The Kier molecular flexibility index (Phi) is 6.10. The maximum Gasteiger partial charge on any atom is 0.123 e. The van der Waals surface area contributed by atoms with Crippen LogP contribution in [-0.2, 0) is 6.54 Å². The number of aliphatic hydroxyl groups excluding tert-OH is 1. The van der Waals surface area contributed by atoms with Gasteiger partial charge < -0.3 is 9.84 Å². The molecule has 0 aliphatic heterocycles. The molecule has 0 unspecified atom stereocenters. The molecule has 1 saturated carbocycles. The van der Waals surface area contributed by atoms with Crippen molar-refractivity contribution in [1.29, 1.82) is 0 Å². The highest BCUT2D eigenvalue weighted by Gasteiger charge is 2.19. The summed E-state index contributed by atoms with van der Waals surface area (Å²) in [7, 11) is 3.90. The highest BCUT2D eigenvalue weighted by molar-refractivity contribution is 5.44. The van der Waals surface area contributed by atoms with Gasteiger partial charge in [0.1, 0.15) is 12.4 Å². The van der Waals surface area contributed by atoms with Crippen molar-refractivity contribution in [2.75, 3.05) is 20.8 Å². The molecule has 0 spiro atoms. The first-order chi connectivity index (χ1) is 10.2. The summed E-state index contributed by atoms with van der Waals surface area (Å²) in [6.45, 7) is 0.770. The van der Waals surface area contributed by atoms with Gasteiger partial charge in [0.2, 0.25) is 0 Å². The van der Waals surface area contributed by atoms with Crippen molar-refractivity contribution in [3.8, 4) is 17.6 Å². The van der Waals surface area contributed by atoms with Crippen LogP contribution in [0, 0.1) is 11.8 Å². The Balaban J connectivity index is 2.12. The van der Waals surface area contributed by atoms with Crippen molar-refractivity contribution in [1.82, 2.24) is 4.90 Å². The molecule has 0 saturated heterocycles. The van der Waals surface area contributed by atoms with Crippen molar-refractivity contribution in [2.45, 2.75) is 44.7 Å². The number of hydrogen-bond donors (Lipinski definition) is 1. The van der Waals surface area contributed by atoms with E-state index in [0.29, 0.717) is 6.04 Å². The van der Waals surface area contributed by atoms with Crippen LogP contribution in [0.3, 0.4) is 0 Å². The zero-order valence-corrected chi connectivity index (χ0v) is 13.1. The van der Waals surface area contributed by atoms with E-state index in [-0.39, 0.29) is 6.61 Å². The van der Waals surface area contributed by atoms with Crippen molar-refractivity contribution in [3.63, 3.8) is 0 Å². The molecule has 1 aliphatic carbocycles. The van der Waals surface area contributed by atoms with Crippen molar-refractivity contribution < 1.29 is 9.84 Å². The number of ether oxygens (including phenoxy) is 1. The molecular weight excluding hydrogens is 262 g/mol. The van der Waals surface area contributed by atoms with Gasteiger partial charge in [-0.05, 0) is 38.1 Å². The molecule has 2 rings (SSSR count). The molecule has 3 heteroatoms. The van der Waals surface area contributed by atoms with Gasteiger partial charge in [0.25, 0.3) is 0 Å². The van der Waals surface area contributed by atoms with E-state index in [9.17, 15) is 0 Å². The first kappa shape index (κ1) is 15.9. The van der Waals surface area contributed by atoms with Gasteiger partial charge in [0.15, 0.2) is 0 Å². The van der Waals surface area contributed by atoms with E-state index in [1.54, 1.807) is 7.11 Å². The van der Waals surface area contributed by atoms with Gasteiger partial charge >= 0.3 is 0 Å². The minimum atomic E-state index is -0.108. The lowest BCUT2D eigenvalue weighted by molar-refractivity contribution is 0.183. The number of rotatable bonds is 4. The molecule has 3 nitrogen and oxygen atoms in total. The summed E-state index contributed by atoms with van der Waals surface area (Å²) < 4.78 is 5.47. The summed E-state index contributed by atoms with van der Waals surface area (Å²) in [5, 5.41) is 8.81. The van der Waals surface area contributed by atoms with Crippen LogP contribution in [0.5, 0.6) is 5.75 Å². The first-order valence-corrected chi connectivity index (χ1v) is 7.71. The molecule has 21 heavy (non-hydrogen) atoms. The van der Waals surface area contributed by atoms with Gasteiger partial charge in [-0.2, -0.15) is 0 Å². The Bertz CT molecular complexity index is 510. The van der Waals surface area contributed by atoms with Crippen molar-refractivity contribution in [3.05, 3.63) is 29.3 Å². The average Bonchev–Trinajstić information content (AvgIpc) is 2.54. The largest absolute Gasteiger partial charge is 0.496 e. The Labute approximate surface area is 127 Å². The van der Waals surface area contributed by atoms with Crippen LogP contribution in [0.15, 0.2) is 18.2 Å². The van der Waals surface area contributed by atoms with Crippen molar-refractivity contribution in [2.24, 2.45) is 0 Å². The minimum absolute atomic E-state index is 0.108. The molecule has 1 aromatic rings. The van der Waals surface area contributed by atoms with Gasteiger partial charge in [-0.25, -0.2) is 0 Å². The fourth-order valence-electron chi connectivity index (χ4n) is 3.04. The van der Waals surface area contributed by atoms with E-state index in [4.69, 9.17) is 9.84 Å². The smallest absolute Gasteiger partial charge is 0.123 e. The highest BCUT2D eigenvalue weighted by atomic mass is 16.5. The van der Waals surface area contributed by atoms with Crippen LogP contribution in [-0.4, -0.2) is 36.8 Å². The second kappa shape index (κ2) is 8.07. The third-order valence-electron chi connectivity index (χ3n) is 4.21. The zero-order valence-electron chi connectivity index (χ0n) is 13.1. The lowest BCUT2D eigenvalue weighted by Crippen LogP contribution is -2.33. The number of nitrogens with zero attached hydrogens (tertiary/aromatic N) is 1. The highest BCUT2D eigenvalue weighted by Crippen LogP contribution is 2.26. The second-order valence-corrected chi connectivity index (χ2v) is 5.69. The van der Waals surface area contributed by atoms with Crippen molar-refractivity contribution >= 4 is 0 Å². The van der Waals surface area contributed by atoms with Crippen LogP contribution < -0.4 is 4.74 Å². The SMILES string of the molecule is COc1ccc(C#CCO)cc1CN(C)C1CCCCC1. The Morgan fingerprint density at radius 3 is 2.71 bits per heavy atom. The van der Waals surface area contributed by atoms with E-state index >= 15 is 0 Å². The predicted molar refractivity (Wildman–Crippen MR) is 85.3 cm³/mol. The van der Waals surface area contributed by atoms with Gasteiger partial charge in [0, 0.05) is 23.7 Å². The fraction of sp³-hybridized carbons (Fsp3) is 0.556. The third-order valence-corrected chi connectivity index (χ3v) is 4.21. The van der Waals surface area contributed by atoms with Crippen LogP contribution in [0.4, 0.5) is 0 Å². The van der Waals surface area contributed by atoms with E-state index in [1.807, 2.05) is 12.1 Å². The topological polar surface area (TPSA) is 32.7 Å². The van der Waals surface area contributed by atoms with Crippen LogP contribution in [0.25, 0.3) is 0 Å². The maximum atomic E-state index is 8.81. The number of aliphatic hydroxyl groups is 1. The number of methoxy groups -OCH3 is 1. The maximum absolute atomic E-state index is 8.81. The molecule has 0 radical (unpaired) electrons. The van der Waals surface area contributed by atoms with Gasteiger partial charge in [0.05, 0.1) is 7.11 Å². The first-order valence-electron chi connectivity index (χ1n) is 7.71. The Morgan fingerprint density at radius 2 is 2.05 bits per heavy atom. The summed E-state index contributed by atoms with van der Waals surface area (Å²) >= 11 is 0. The summed E-state index contributed by atoms with van der Waals surface area (Å²) in [4.78, 5) is 2.43. The summed E-state index contributed by atoms with van der Waals surface area (Å²) in [6, 6.07) is 6.65. The molecular formula is C18H25NO2. The van der Waals surface area contributed by atoms with E-state index in [2.05, 4.69) is 29.9 Å². The van der Waals surface area contributed by atoms with Gasteiger partial charge in [-0.15, -0.1) is 0 Å². The predicted octanol–water partition coefficient (Wildman–Crippen LogP) is 2.80. The van der Waals surface area contributed by atoms with Crippen LogP contribution in [0.1, 0.15) is 43.2 Å². The van der Waals surface area contributed by atoms with Gasteiger partial charge in [-0.1, -0.05) is 31.1 Å². The average molecular weight is 287 g/mol. The minimum Gasteiger partial charge on any atom is -0.496 e. The van der Waals surface area contributed by atoms with Crippen LogP contribution in [0.2, 0.25) is 0 Å². The molecule has 1 aromatic carbocycles. The molecule has 0 amide bonds. The summed E-state index contributed by atoms with van der Waals surface area (Å²) in [5.41, 5.74) is 2.09. The standard InChI is InChI=1S/C18H25NO2/c1-19(17-8-4-3-5-9-17)14-16-13-15(7-6-12-20)10-11-18(16)21-2/h10-11,13,17,20H,3-5,8-9,12,14H2,1-2H3. The Hall–Kier alpha value is -1.50. The Morgan fingerprint density at radius 1 is 1.29 bits per heavy atom. The summed E-state index contributed by atoms with van der Waals surface area (Å²) in [5.74, 6) is 6.57. The molecule has 1 aliphatic rings. The second-order valence-electron chi connectivity index (χ2n) is 5.69. The molecule has 114 valence electrons. The normalized spacial score (nSPS) is 15.6.